The zero-order valence-corrected chi connectivity index (χ0v) is 9.97. The number of rotatable bonds is 4. The fourth-order valence-electron chi connectivity index (χ4n) is 1.12. The number of carboxylic acid groups (broad SMARTS) is 1. The normalized spacial score (nSPS) is 12.2. The second kappa shape index (κ2) is 5.38. The van der Waals surface area contributed by atoms with Crippen LogP contribution in [-0.2, 0) is 4.79 Å². The number of aromatic nitrogens is 2. The van der Waals surface area contributed by atoms with Crippen molar-refractivity contribution < 1.29 is 14.7 Å². The molecule has 0 saturated carbocycles. The number of nitrogens with one attached hydrogen (secondary N) is 1. The van der Waals surface area contributed by atoms with E-state index in [2.05, 4.69) is 15.3 Å². The summed E-state index contributed by atoms with van der Waals surface area (Å²) >= 11 is 0. The number of carbonyl (C=O) groups excluding carboxylic acids is 1. The molecule has 0 aromatic carbocycles. The van der Waals surface area contributed by atoms with Crippen LogP contribution in [0.5, 0.6) is 0 Å². The number of aromatic carboxylic acids is 1. The van der Waals surface area contributed by atoms with Crippen molar-refractivity contribution in [2.75, 3.05) is 5.32 Å². The van der Waals surface area contributed by atoms with Crippen LogP contribution in [0.25, 0.3) is 0 Å². The molecule has 92 valence electrons. The maximum absolute atomic E-state index is 11.8. The van der Waals surface area contributed by atoms with E-state index in [9.17, 15) is 9.59 Å². The fraction of sp³-hybridized carbons (Fsp3) is 0.455. The van der Waals surface area contributed by atoms with E-state index in [0.717, 1.165) is 0 Å². The van der Waals surface area contributed by atoms with Crippen molar-refractivity contribution in [3.8, 4) is 0 Å². The molecule has 1 heterocycles. The molecule has 0 spiro atoms. The van der Waals surface area contributed by atoms with Crippen molar-refractivity contribution in [1.29, 1.82) is 0 Å². The first-order valence-electron chi connectivity index (χ1n) is 5.28. The number of hydrogen-bond acceptors (Lipinski definition) is 4. The summed E-state index contributed by atoms with van der Waals surface area (Å²) in [5, 5.41) is 11.4. The highest BCUT2D eigenvalue weighted by Gasteiger charge is 2.20. The lowest BCUT2D eigenvalue weighted by Crippen LogP contribution is -2.26. The molecule has 6 nitrogen and oxygen atoms in total. The van der Waals surface area contributed by atoms with Crippen molar-refractivity contribution in [3.63, 3.8) is 0 Å². The molecule has 0 fully saturated rings. The average molecular weight is 237 g/mol. The van der Waals surface area contributed by atoms with Crippen molar-refractivity contribution in [3.05, 3.63) is 18.1 Å². The van der Waals surface area contributed by atoms with Gasteiger partial charge in [-0.05, 0) is 5.92 Å². The highest BCUT2D eigenvalue weighted by molar-refractivity contribution is 5.98. The van der Waals surface area contributed by atoms with Crippen molar-refractivity contribution in [1.82, 2.24) is 9.97 Å². The highest BCUT2D eigenvalue weighted by atomic mass is 16.4. The van der Waals surface area contributed by atoms with Crippen LogP contribution in [0.15, 0.2) is 12.4 Å². The van der Waals surface area contributed by atoms with Gasteiger partial charge in [-0.3, -0.25) is 4.79 Å². The third-order valence-corrected chi connectivity index (χ3v) is 2.56. The van der Waals surface area contributed by atoms with Gasteiger partial charge in [-0.15, -0.1) is 0 Å². The quantitative estimate of drug-likeness (QED) is 0.825. The second-order valence-electron chi connectivity index (χ2n) is 4.08. The predicted molar refractivity (Wildman–Crippen MR) is 61.6 cm³/mol. The predicted octanol–water partition coefficient (Wildman–Crippen LogP) is 1.41. The third kappa shape index (κ3) is 3.24. The molecule has 1 aromatic heterocycles. The summed E-state index contributed by atoms with van der Waals surface area (Å²) in [6.07, 6.45) is 2.60. The lowest BCUT2D eigenvalue weighted by Gasteiger charge is -2.15. The van der Waals surface area contributed by atoms with Gasteiger partial charge in [0.05, 0.1) is 0 Å². The van der Waals surface area contributed by atoms with Gasteiger partial charge in [0.1, 0.15) is 0 Å². The molecule has 2 N–H and O–H groups in total. The lowest BCUT2D eigenvalue weighted by molar-refractivity contribution is -0.120. The minimum Gasteiger partial charge on any atom is -0.476 e. The van der Waals surface area contributed by atoms with E-state index in [1.807, 2.05) is 13.8 Å². The van der Waals surface area contributed by atoms with Gasteiger partial charge in [0.25, 0.3) is 0 Å². The van der Waals surface area contributed by atoms with Crippen LogP contribution >= 0.6 is 0 Å². The Morgan fingerprint density at radius 3 is 2.35 bits per heavy atom. The first kappa shape index (κ1) is 13.1. The molecule has 0 bridgehead atoms. The molecule has 1 atom stereocenters. The van der Waals surface area contributed by atoms with Gasteiger partial charge in [0.2, 0.25) is 5.91 Å². The Labute approximate surface area is 99.1 Å². The summed E-state index contributed by atoms with van der Waals surface area (Å²) in [5.74, 6) is -1.55. The number of carboxylic acids is 1. The Kier molecular flexibility index (Phi) is 4.14. The number of hydrogen-bond donors (Lipinski definition) is 2. The average Bonchev–Trinajstić information content (AvgIpc) is 2.28. The first-order valence-corrected chi connectivity index (χ1v) is 5.28. The Morgan fingerprint density at radius 1 is 1.24 bits per heavy atom. The van der Waals surface area contributed by atoms with Crippen LogP contribution in [0, 0.1) is 11.8 Å². The first-order chi connectivity index (χ1) is 7.93. The molecule has 17 heavy (non-hydrogen) atoms. The second-order valence-corrected chi connectivity index (χ2v) is 4.08. The van der Waals surface area contributed by atoms with Gasteiger partial charge in [-0.25, -0.2) is 14.8 Å². The van der Waals surface area contributed by atoms with Crippen molar-refractivity contribution >= 4 is 17.7 Å². The minimum atomic E-state index is -1.22. The number of amides is 1. The van der Waals surface area contributed by atoms with E-state index >= 15 is 0 Å². The maximum Gasteiger partial charge on any atom is 0.358 e. The Hall–Kier alpha value is -1.98. The summed E-state index contributed by atoms with van der Waals surface area (Å²) < 4.78 is 0. The van der Waals surface area contributed by atoms with Gasteiger partial charge in [0, 0.05) is 18.3 Å². The molecule has 1 rings (SSSR count). The van der Waals surface area contributed by atoms with Gasteiger partial charge in [0.15, 0.2) is 11.5 Å². The van der Waals surface area contributed by atoms with Gasteiger partial charge < -0.3 is 10.4 Å². The standard InChI is InChI=1S/C11H15N3O3/c1-6(2)7(3)10(15)14-9-8(11(16)17)12-4-5-13-9/h4-7H,1-3H3,(H,16,17)(H,13,14,15). The SMILES string of the molecule is CC(C)C(C)C(=O)Nc1nccnc1C(=O)O. The largest absolute Gasteiger partial charge is 0.476 e. The van der Waals surface area contributed by atoms with Gasteiger partial charge in [-0.1, -0.05) is 20.8 Å². The molecule has 1 amide bonds. The maximum atomic E-state index is 11.8. The van der Waals surface area contributed by atoms with Crippen LogP contribution in [-0.4, -0.2) is 27.0 Å². The molecule has 0 saturated heterocycles. The van der Waals surface area contributed by atoms with E-state index in [-0.39, 0.29) is 29.3 Å². The van der Waals surface area contributed by atoms with Crippen LogP contribution in [0.4, 0.5) is 5.82 Å². The Balaban J connectivity index is 2.89. The molecular formula is C11H15N3O3. The molecule has 6 heteroatoms. The minimum absolute atomic E-state index is 0.0162. The molecule has 0 aliphatic heterocycles. The van der Waals surface area contributed by atoms with E-state index in [1.165, 1.54) is 12.4 Å². The summed E-state index contributed by atoms with van der Waals surface area (Å²) in [4.78, 5) is 30.1. The molecule has 0 aliphatic carbocycles. The zero-order valence-electron chi connectivity index (χ0n) is 9.97. The topological polar surface area (TPSA) is 92.2 Å². The van der Waals surface area contributed by atoms with E-state index in [0.29, 0.717) is 0 Å². The molecule has 0 aliphatic rings. The molecular weight excluding hydrogens is 222 g/mol. The number of nitrogens with zero attached hydrogens (tertiary/aromatic N) is 2. The highest BCUT2D eigenvalue weighted by Crippen LogP contribution is 2.14. The number of carbonyl (C=O) groups is 2. The van der Waals surface area contributed by atoms with Gasteiger partial charge >= 0.3 is 5.97 Å². The molecule has 1 aromatic rings. The van der Waals surface area contributed by atoms with Crippen LogP contribution < -0.4 is 5.32 Å². The zero-order chi connectivity index (χ0) is 13.0. The Bertz CT molecular complexity index is 432. The smallest absolute Gasteiger partial charge is 0.358 e. The Morgan fingerprint density at radius 2 is 1.82 bits per heavy atom. The monoisotopic (exact) mass is 237 g/mol. The summed E-state index contributed by atoms with van der Waals surface area (Å²) in [6, 6.07) is 0. The van der Waals surface area contributed by atoms with Crippen molar-refractivity contribution in [2.45, 2.75) is 20.8 Å². The third-order valence-electron chi connectivity index (χ3n) is 2.56. The van der Waals surface area contributed by atoms with E-state index in [4.69, 9.17) is 5.11 Å². The van der Waals surface area contributed by atoms with Crippen LogP contribution in [0.2, 0.25) is 0 Å². The van der Waals surface area contributed by atoms with E-state index in [1.54, 1.807) is 6.92 Å². The summed E-state index contributed by atoms with van der Waals surface area (Å²) in [6.45, 7) is 5.61. The van der Waals surface area contributed by atoms with Crippen molar-refractivity contribution in [2.24, 2.45) is 11.8 Å². The van der Waals surface area contributed by atoms with E-state index < -0.39 is 5.97 Å². The molecule has 1 unspecified atom stereocenters. The summed E-state index contributed by atoms with van der Waals surface area (Å²) in [5.41, 5.74) is -0.253. The summed E-state index contributed by atoms with van der Waals surface area (Å²) in [7, 11) is 0. The van der Waals surface area contributed by atoms with Crippen LogP contribution in [0.1, 0.15) is 31.3 Å². The van der Waals surface area contributed by atoms with Crippen LogP contribution in [0.3, 0.4) is 0 Å². The fourth-order valence-corrected chi connectivity index (χ4v) is 1.12. The van der Waals surface area contributed by atoms with Gasteiger partial charge in [-0.2, -0.15) is 0 Å². The molecule has 0 radical (unpaired) electrons. The lowest BCUT2D eigenvalue weighted by atomic mass is 9.97. The number of anilines is 1.